The third-order valence-corrected chi connectivity index (χ3v) is 3.30. The highest BCUT2D eigenvalue weighted by Gasteiger charge is 2.17. The van der Waals surface area contributed by atoms with Gasteiger partial charge in [-0.15, -0.1) is 0 Å². The highest BCUT2D eigenvalue weighted by Crippen LogP contribution is 2.28. The molecule has 17 heavy (non-hydrogen) atoms. The van der Waals surface area contributed by atoms with Crippen LogP contribution in [0, 0.1) is 21.8 Å². The lowest BCUT2D eigenvalue weighted by atomic mass is 10.1. The van der Waals surface area contributed by atoms with Gasteiger partial charge in [-0.05, 0) is 12.5 Å². The van der Waals surface area contributed by atoms with E-state index in [9.17, 15) is 14.5 Å². The van der Waals surface area contributed by atoms with Gasteiger partial charge in [-0.25, -0.2) is 4.39 Å². The molecule has 0 aliphatic heterocycles. The van der Waals surface area contributed by atoms with Crippen molar-refractivity contribution in [2.45, 2.75) is 13.3 Å². The second-order valence-corrected chi connectivity index (χ2v) is 4.26. The zero-order chi connectivity index (χ0) is 12.8. The summed E-state index contributed by atoms with van der Waals surface area (Å²) in [4.78, 5) is 10.1. The Morgan fingerprint density at radius 3 is 2.82 bits per heavy atom. The summed E-state index contributed by atoms with van der Waals surface area (Å²) in [5.41, 5.74) is -0.212. The molecule has 6 heteroatoms. The van der Waals surface area contributed by atoms with Crippen LogP contribution in [-0.4, -0.2) is 16.9 Å². The van der Waals surface area contributed by atoms with Gasteiger partial charge in [-0.3, -0.25) is 10.1 Å². The first-order valence-electron chi connectivity index (χ1n) is 5.21. The lowest BCUT2D eigenvalue weighted by Crippen LogP contribution is -2.13. The summed E-state index contributed by atoms with van der Waals surface area (Å²) < 4.78 is 18.3. The van der Waals surface area contributed by atoms with Crippen LogP contribution in [-0.2, 0) is 0 Å². The van der Waals surface area contributed by atoms with E-state index < -0.39 is 10.7 Å². The molecule has 0 N–H and O–H groups in total. The molecule has 4 nitrogen and oxygen atoms in total. The van der Waals surface area contributed by atoms with Gasteiger partial charge in [-0.2, -0.15) is 0 Å². The lowest BCUT2D eigenvalue weighted by Gasteiger charge is -2.13. The minimum Gasteiger partial charge on any atom is -0.486 e. The number of hydrogen-bond donors (Lipinski definition) is 0. The quantitative estimate of drug-likeness (QED) is 0.459. The van der Waals surface area contributed by atoms with Crippen molar-refractivity contribution in [3.8, 4) is 5.75 Å². The van der Waals surface area contributed by atoms with Gasteiger partial charge in [0.1, 0.15) is 5.82 Å². The van der Waals surface area contributed by atoms with Gasteiger partial charge in [-0.1, -0.05) is 22.9 Å². The molecule has 0 radical (unpaired) electrons. The van der Waals surface area contributed by atoms with Crippen molar-refractivity contribution in [2.75, 3.05) is 11.9 Å². The van der Waals surface area contributed by atoms with Crippen molar-refractivity contribution < 1.29 is 14.1 Å². The zero-order valence-electron chi connectivity index (χ0n) is 9.36. The fraction of sp³-hybridized carbons (Fsp3) is 0.455. The molecule has 0 saturated heterocycles. The number of ether oxygens (including phenoxy) is 1. The van der Waals surface area contributed by atoms with E-state index in [-0.39, 0.29) is 17.4 Å². The summed E-state index contributed by atoms with van der Waals surface area (Å²) in [6.45, 7) is 2.32. The normalized spacial score (nSPS) is 12.2. The molecule has 94 valence electrons. The molecule has 0 aliphatic carbocycles. The van der Waals surface area contributed by atoms with Crippen LogP contribution in [0.4, 0.5) is 10.1 Å². The standard InChI is InChI=1S/C11H13BrFNO3/c1-2-8(6-12)7-17-11-5-9(13)3-4-10(11)14(15)16/h3-5,8H,2,6-7H2,1H3. The number of hydrogen-bond acceptors (Lipinski definition) is 3. The monoisotopic (exact) mass is 305 g/mol. The van der Waals surface area contributed by atoms with E-state index in [1.54, 1.807) is 0 Å². The molecule has 0 aromatic heterocycles. The molecule has 1 aromatic rings. The van der Waals surface area contributed by atoms with E-state index in [1.807, 2.05) is 6.92 Å². The van der Waals surface area contributed by atoms with Crippen LogP contribution >= 0.6 is 15.9 Å². The van der Waals surface area contributed by atoms with Crippen LogP contribution in [0.3, 0.4) is 0 Å². The molecule has 0 spiro atoms. The van der Waals surface area contributed by atoms with Crippen molar-refractivity contribution in [3.05, 3.63) is 34.1 Å². The van der Waals surface area contributed by atoms with Crippen LogP contribution in [0.5, 0.6) is 5.75 Å². The summed E-state index contributed by atoms with van der Waals surface area (Å²) >= 11 is 3.32. The highest BCUT2D eigenvalue weighted by atomic mass is 79.9. The number of benzene rings is 1. The minimum atomic E-state index is -0.580. The molecule has 0 bridgehead atoms. The summed E-state index contributed by atoms with van der Waals surface area (Å²) in [7, 11) is 0. The van der Waals surface area contributed by atoms with Gasteiger partial charge in [0.2, 0.25) is 0 Å². The van der Waals surface area contributed by atoms with Gasteiger partial charge in [0.25, 0.3) is 0 Å². The van der Waals surface area contributed by atoms with Crippen LogP contribution < -0.4 is 4.74 Å². The smallest absolute Gasteiger partial charge is 0.311 e. The molecule has 0 fully saturated rings. The summed E-state index contributed by atoms with van der Waals surface area (Å²) in [6, 6.07) is 3.20. The maximum absolute atomic E-state index is 13.0. The first-order valence-corrected chi connectivity index (χ1v) is 6.33. The Balaban J connectivity index is 2.81. The van der Waals surface area contributed by atoms with Crippen LogP contribution in [0.15, 0.2) is 18.2 Å². The van der Waals surface area contributed by atoms with E-state index in [2.05, 4.69) is 15.9 Å². The van der Waals surface area contributed by atoms with Crippen LogP contribution in [0.1, 0.15) is 13.3 Å². The summed E-state index contributed by atoms with van der Waals surface area (Å²) in [5.74, 6) is -0.315. The highest BCUT2D eigenvalue weighted by molar-refractivity contribution is 9.09. The fourth-order valence-electron chi connectivity index (χ4n) is 1.23. The van der Waals surface area contributed by atoms with Crippen molar-refractivity contribution in [1.82, 2.24) is 0 Å². The van der Waals surface area contributed by atoms with Gasteiger partial charge in [0.05, 0.1) is 11.5 Å². The minimum absolute atomic E-state index is 0.0191. The maximum atomic E-state index is 13.0. The second-order valence-electron chi connectivity index (χ2n) is 3.61. The number of rotatable bonds is 6. The predicted octanol–water partition coefficient (Wildman–Crippen LogP) is 3.53. The van der Waals surface area contributed by atoms with E-state index in [1.165, 1.54) is 0 Å². The molecular formula is C11H13BrFNO3. The Morgan fingerprint density at radius 2 is 2.29 bits per heavy atom. The maximum Gasteiger partial charge on any atom is 0.311 e. The third kappa shape index (κ3) is 3.96. The molecule has 0 heterocycles. The van der Waals surface area contributed by atoms with E-state index in [0.29, 0.717) is 6.61 Å². The van der Waals surface area contributed by atoms with Crippen LogP contribution in [0.2, 0.25) is 0 Å². The first kappa shape index (κ1) is 13.9. The number of halogens is 2. The van der Waals surface area contributed by atoms with Gasteiger partial charge < -0.3 is 4.74 Å². The van der Waals surface area contributed by atoms with Crippen molar-refractivity contribution in [3.63, 3.8) is 0 Å². The number of alkyl halides is 1. The molecule has 0 saturated carbocycles. The Kier molecular flexibility index (Phi) is 5.34. The van der Waals surface area contributed by atoms with Crippen molar-refractivity contribution in [1.29, 1.82) is 0 Å². The number of nitrogens with zero attached hydrogens (tertiary/aromatic N) is 1. The first-order chi connectivity index (χ1) is 8.08. The third-order valence-electron chi connectivity index (χ3n) is 2.39. The largest absolute Gasteiger partial charge is 0.486 e. The average Bonchev–Trinajstić information content (AvgIpc) is 2.30. The molecule has 1 aromatic carbocycles. The predicted molar refractivity (Wildman–Crippen MR) is 66.1 cm³/mol. The van der Waals surface area contributed by atoms with Gasteiger partial charge in [0, 0.05) is 23.4 Å². The Labute approximate surface area is 107 Å². The van der Waals surface area contributed by atoms with Gasteiger partial charge in [0.15, 0.2) is 5.75 Å². The van der Waals surface area contributed by atoms with Gasteiger partial charge >= 0.3 is 5.69 Å². The van der Waals surface area contributed by atoms with Crippen molar-refractivity contribution in [2.24, 2.45) is 5.92 Å². The Hall–Kier alpha value is -1.17. The number of nitro groups is 1. The molecule has 0 aliphatic rings. The zero-order valence-corrected chi connectivity index (χ0v) is 10.9. The second kappa shape index (κ2) is 6.54. The topological polar surface area (TPSA) is 52.4 Å². The molecule has 1 atom stereocenters. The number of nitro benzene ring substituents is 1. The molecule has 1 rings (SSSR count). The lowest BCUT2D eigenvalue weighted by molar-refractivity contribution is -0.386. The fourth-order valence-corrected chi connectivity index (χ4v) is 1.88. The average molecular weight is 306 g/mol. The Bertz CT molecular complexity index is 396. The van der Waals surface area contributed by atoms with E-state index in [0.717, 1.165) is 30.0 Å². The molecule has 0 amide bonds. The molecular weight excluding hydrogens is 293 g/mol. The summed E-state index contributed by atoms with van der Waals surface area (Å²) in [5, 5.41) is 11.5. The van der Waals surface area contributed by atoms with Crippen molar-refractivity contribution >= 4 is 21.6 Å². The van der Waals surface area contributed by atoms with E-state index in [4.69, 9.17) is 4.74 Å². The van der Waals surface area contributed by atoms with Crippen LogP contribution in [0.25, 0.3) is 0 Å². The SMILES string of the molecule is CCC(CBr)COc1cc(F)ccc1[N+](=O)[O-]. The van der Waals surface area contributed by atoms with E-state index >= 15 is 0 Å². The summed E-state index contributed by atoms with van der Waals surface area (Å²) in [6.07, 6.45) is 0.883. The molecule has 1 unspecified atom stereocenters. The Morgan fingerprint density at radius 1 is 1.59 bits per heavy atom.